The molecule has 74 valence electrons. The van der Waals surface area contributed by atoms with Crippen molar-refractivity contribution in [3.05, 3.63) is 36.0 Å². The zero-order valence-corrected chi connectivity index (χ0v) is 9.05. The van der Waals surface area contributed by atoms with Crippen LogP contribution in [0.4, 0.5) is 5.69 Å². The quantitative estimate of drug-likeness (QED) is 0.417. The molecule has 1 aromatic heterocycles. The summed E-state index contributed by atoms with van der Waals surface area (Å²) in [6.45, 7) is 2.09. The number of hydrogen-bond donors (Lipinski definition) is 1. The molecule has 2 aromatic rings. The molecular formula is C11H13ClN2. The van der Waals surface area contributed by atoms with Crippen LogP contribution in [0.2, 0.25) is 0 Å². The van der Waals surface area contributed by atoms with Crippen molar-refractivity contribution in [2.45, 2.75) is 6.92 Å². The fraction of sp³-hybridized carbons (Fsp3) is 0.182. The van der Waals surface area contributed by atoms with Gasteiger partial charge in [-0.15, -0.1) is 0 Å². The highest BCUT2D eigenvalue weighted by Gasteiger charge is 2.06. The lowest BCUT2D eigenvalue weighted by molar-refractivity contribution is -0.651. The Kier molecular flexibility index (Phi) is 2.96. The number of pyridine rings is 1. The summed E-state index contributed by atoms with van der Waals surface area (Å²) in [6, 6.07) is 10.2. The number of nitrogens with zero attached hydrogens (tertiary/aromatic N) is 1. The molecule has 0 spiro atoms. The Labute approximate surface area is 89.8 Å². The first-order chi connectivity index (χ1) is 6.18. The van der Waals surface area contributed by atoms with E-state index in [0.29, 0.717) is 0 Å². The van der Waals surface area contributed by atoms with Crippen molar-refractivity contribution in [1.82, 2.24) is 0 Å². The maximum absolute atomic E-state index is 5.70. The zero-order chi connectivity index (χ0) is 9.42. The van der Waals surface area contributed by atoms with E-state index in [1.807, 2.05) is 12.1 Å². The average Bonchev–Trinajstić information content (AvgIpc) is 2.12. The minimum absolute atomic E-state index is 0. The minimum atomic E-state index is 0. The van der Waals surface area contributed by atoms with Crippen LogP contribution in [0.5, 0.6) is 0 Å². The van der Waals surface area contributed by atoms with E-state index in [1.165, 1.54) is 16.6 Å². The third kappa shape index (κ3) is 1.66. The van der Waals surface area contributed by atoms with Crippen LogP contribution in [0.1, 0.15) is 5.69 Å². The molecule has 14 heavy (non-hydrogen) atoms. The van der Waals surface area contributed by atoms with Crippen LogP contribution in [-0.2, 0) is 7.05 Å². The van der Waals surface area contributed by atoms with Crippen LogP contribution in [0.15, 0.2) is 30.3 Å². The average molecular weight is 209 g/mol. The van der Waals surface area contributed by atoms with E-state index in [4.69, 9.17) is 5.73 Å². The molecule has 3 heteroatoms. The number of aryl methyl sites for hydroxylation is 2. The van der Waals surface area contributed by atoms with Gasteiger partial charge >= 0.3 is 0 Å². The van der Waals surface area contributed by atoms with Gasteiger partial charge in [0.1, 0.15) is 7.05 Å². The Morgan fingerprint density at radius 2 is 1.86 bits per heavy atom. The van der Waals surface area contributed by atoms with Gasteiger partial charge in [0.15, 0.2) is 5.69 Å². The van der Waals surface area contributed by atoms with E-state index in [9.17, 15) is 0 Å². The summed E-state index contributed by atoms with van der Waals surface area (Å²) in [4.78, 5) is 0. The Bertz CT molecular complexity index is 466. The van der Waals surface area contributed by atoms with Gasteiger partial charge in [0.2, 0.25) is 5.52 Å². The molecule has 2 nitrogen and oxygen atoms in total. The van der Waals surface area contributed by atoms with Crippen molar-refractivity contribution in [3.8, 4) is 0 Å². The molecule has 0 bridgehead atoms. The summed E-state index contributed by atoms with van der Waals surface area (Å²) in [5, 5.41) is 1.19. The van der Waals surface area contributed by atoms with E-state index in [1.54, 1.807) is 0 Å². The maximum atomic E-state index is 5.70. The van der Waals surface area contributed by atoms with Crippen LogP contribution in [0.3, 0.4) is 0 Å². The molecule has 1 aromatic carbocycles. The molecule has 0 unspecified atom stereocenters. The van der Waals surface area contributed by atoms with Gasteiger partial charge in [-0.3, -0.25) is 0 Å². The third-order valence-electron chi connectivity index (χ3n) is 2.45. The first kappa shape index (κ1) is 10.8. The first-order valence-corrected chi connectivity index (χ1v) is 4.33. The monoisotopic (exact) mass is 208 g/mol. The van der Waals surface area contributed by atoms with Gasteiger partial charge in [-0.25, -0.2) is 0 Å². The molecule has 0 aliphatic heterocycles. The number of rotatable bonds is 0. The molecule has 0 saturated heterocycles. The number of aromatic nitrogens is 1. The number of benzene rings is 1. The largest absolute Gasteiger partial charge is 1.00 e. The SMILES string of the molecule is Cc1ccc2cc(N)ccc2[n+]1C.[Cl-]. The molecule has 0 atom stereocenters. The van der Waals surface area contributed by atoms with Gasteiger partial charge < -0.3 is 18.1 Å². The Balaban J connectivity index is 0.000000980. The topological polar surface area (TPSA) is 29.9 Å². The lowest BCUT2D eigenvalue weighted by Gasteiger charge is -1.99. The van der Waals surface area contributed by atoms with Crippen molar-refractivity contribution in [1.29, 1.82) is 0 Å². The number of halogens is 1. The molecule has 0 aliphatic carbocycles. The second kappa shape index (κ2) is 3.84. The van der Waals surface area contributed by atoms with Crippen molar-refractivity contribution >= 4 is 16.6 Å². The van der Waals surface area contributed by atoms with E-state index < -0.39 is 0 Å². The van der Waals surface area contributed by atoms with Gasteiger partial charge in [-0.2, -0.15) is 4.57 Å². The summed E-state index contributed by atoms with van der Waals surface area (Å²) in [5.41, 5.74) is 8.98. The molecule has 0 radical (unpaired) electrons. The molecule has 0 fully saturated rings. The van der Waals surface area contributed by atoms with E-state index >= 15 is 0 Å². The Hall–Kier alpha value is -1.28. The predicted molar refractivity (Wildman–Crippen MR) is 54.3 cm³/mol. The maximum Gasteiger partial charge on any atom is 0.212 e. The second-order valence-corrected chi connectivity index (χ2v) is 3.35. The standard InChI is InChI=1S/C11H13N2.ClH/c1-8-3-4-9-7-10(12)5-6-11(9)13(8)2;/h3-7H,12H2,1-2H3;1H/q+1;/p-1. The number of nitrogens with two attached hydrogens (primary N) is 1. The number of anilines is 1. The molecule has 0 aliphatic rings. The molecular weight excluding hydrogens is 196 g/mol. The molecule has 2 rings (SSSR count). The van der Waals surface area contributed by atoms with Crippen LogP contribution in [0, 0.1) is 6.92 Å². The van der Waals surface area contributed by atoms with Gasteiger partial charge in [-0.05, 0) is 18.2 Å². The summed E-state index contributed by atoms with van der Waals surface area (Å²) >= 11 is 0. The highest BCUT2D eigenvalue weighted by atomic mass is 35.5. The number of fused-ring (bicyclic) bond motifs is 1. The highest BCUT2D eigenvalue weighted by molar-refractivity contribution is 5.79. The van der Waals surface area contributed by atoms with Crippen molar-refractivity contribution < 1.29 is 17.0 Å². The van der Waals surface area contributed by atoms with Gasteiger partial charge in [0, 0.05) is 30.1 Å². The van der Waals surface area contributed by atoms with Crippen molar-refractivity contribution in [2.24, 2.45) is 7.05 Å². The van der Waals surface area contributed by atoms with E-state index in [2.05, 4.69) is 36.7 Å². The normalized spacial score (nSPS) is 9.86. The predicted octanol–water partition coefficient (Wildman–Crippen LogP) is -1.44. The first-order valence-electron chi connectivity index (χ1n) is 4.33. The second-order valence-electron chi connectivity index (χ2n) is 3.35. The number of hydrogen-bond acceptors (Lipinski definition) is 1. The van der Waals surface area contributed by atoms with E-state index in [0.717, 1.165) is 5.69 Å². The smallest absolute Gasteiger partial charge is 0.212 e. The Morgan fingerprint density at radius 3 is 2.57 bits per heavy atom. The van der Waals surface area contributed by atoms with E-state index in [-0.39, 0.29) is 12.4 Å². The van der Waals surface area contributed by atoms with Gasteiger partial charge in [0.25, 0.3) is 0 Å². The third-order valence-corrected chi connectivity index (χ3v) is 2.45. The molecule has 2 N–H and O–H groups in total. The fourth-order valence-electron chi connectivity index (χ4n) is 1.52. The van der Waals surface area contributed by atoms with Gasteiger partial charge in [-0.1, -0.05) is 0 Å². The van der Waals surface area contributed by atoms with Crippen molar-refractivity contribution in [2.75, 3.05) is 5.73 Å². The number of nitrogen functional groups attached to an aromatic ring is 1. The molecule has 0 saturated carbocycles. The zero-order valence-electron chi connectivity index (χ0n) is 8.29. The summed E-state index contributed by atoms with van der Waals surface area (Å²) in [7, 11) is 2.06. The summed E-state index contributed by atoms with van der Waals surface area (Å²) < 4.78 is 2.16. The highest BCUT2D eigenvalue weighted by Crippen LogP contribution is 2.13. The summed E-state index contributed by atoms with van der Waals surface area (Å²) in [6.07, 6.45) is 0. The lowest BCUT2D eigenvalue weighted by Crippen LogP contribution is -3.00. The fourth-order valence-corrected chi connectivity index (χ4v) is 1.52. The molecule has 1 heterocycles. The van der Waals surface area contributed by atoms with Gasteiger partial charge in [0.05, 0.1) is 0 Å². The van der Waals surface area contributed by atoms with Crippen LogP contribution in [0.25, 0.3) is 10.9 Å². The van der Waals surface area contributed by atoms with Crippen LogP contribution >= 0.6 is 0 Å². The minimum Gasteiger partial charge on any atom is -1.00 e. The van der Waals surface area contributed by atoms with Crippen LogP contribution in [-0.4, -0.2) is 0 Å². The van der Waals surface area contributed by atoms with Crippen molar-refractivity contribution in [3.63, 3.8) is 0 Å². The lowest BCUT2D eigenvalue weighted by atomic mass is 10.2. The summed E-state index contributed by atoms with van der Waals surface area (Å²) in [5.74, 6) is 0. The Morgan fingerprint density at radius 1 is 1.14 bits per heavy atom. The van der Waals surface area contributed by atoms with Crippen LogP contribution < -0.4 is 22.7 Å². The molecule has 0 amide bonds.